The number of hydrogen-bond acceptors (Lipinski definition) is 2. The molecule has 4 rings (SSSR count). The van der Waals surface area contributed by atoms with Gasteiger partial charge in [-0.2, -0.15) is 0 Å². The van der Waals surface area contributed by atoms with Crippen LogP contribution >= 0.6 is 0 Å². The number of fused-ring (bicyclic) bond motifs is 1. The Morgan fingerprint density at radius 1 is 0.862 bits per heavy atom. The highest BCUT2D eigenvalue weighted by Crippen LogP contribution is 2.38. The van der Waals surface area contributed by atoms with E-state index in [1.165, 1.54) is 22.3 Å². The molecule has 0 radical (unpaired) electrons. The van der Waals surface area contributed by atoms with Crippen LogP contribution in [-0.2, 0) is 32.3 Å². The smallest absolute Gasteiger partial charge is 0.335 e. The highest BCUT2D eigenvalue weighted by Gasteiger charge is 2.25. The Morgan fingerprint density at radius 2 is 1.59 bits per heavy atom. The van der Waals surface area contributed by atoms with Gasteiger partial charge in [0.2, 0.25) is 0 Å². The lowest BCUT2D eigenvalue weighted by atomic mass is 9.87. The first kappa shape index (κ1) is 19.4. The first-order valence-electron chi connectivity index (χ1n) is 10.3. The molecule has 29 heavy (non-hydrogen) atoms. The monoisotopic (exact) mass is 386 g/mol. The van der Waals surface area contributed by atoms with E-state index >= 15 is 0 Å². The van der Waals surface area contributed by atoms with Gasteiger partial charge in [-0.3, -0.25) is 0 Å². The van der Waals surface area contributed by atoms with E-state index < -0.39 is 5.97 Å². The summed E-state index contributed by atoms with van der Waals surface area (Å²) in [5.41, 5.74) is 8.10. The predicted molar refractivity (Wildman–Crippen MR) is 114 cm³/mol. The van der Waals surface area contributed by atoms with Crippen molar-refractivity contribution < 1.29 is 15.0 Å². The maximum absolute atomic E-state index is 11.0. The highest BCUT2D eigenvalue weighted by atomic mass is 16.4. The van der Waals surface area contributed by atoms with Gasteiger partial charge in [-0.15, -0.1) is 0 Å². The quantitative estimate of drug-likeness (QED) is 0.605. The number of rotatable bonds is 7. The minimum absolute atomic E-state index is 0.0870. The summed E-state index contributed by atoms with van der Waals surface area (Å²) >= 11 is 0. The fourth-order valence-corrected chi connectivity index (χ4v) is 4.57. The molecule has 0 amide bonds. The van der Waals surface area contributed by atoms with Crippen LogP contribution in [0.4, 0.5) is 0 Å². The summed E-state index contributed by atoms with van der Waals surface area (Å²) in [7, 11) is 0. The van der Waals surface area contributed by atoms with E-state index in [-0.39, 0.29) is 6.61 Å². The van der Waals surface area contributed by atoms with Crippen molar-refractivity contribution in [2.24, 2.45) is 0 Å². The topological polar surface area (TPSA) is 57.5 Å². The number of carbonyl (C=O) groups is 1. The van der Waals surface area contributed by atoms with E-state index in [9.17, 15) is 9.90 Å². The zero-order valence-corrected chi connectivity index (χ0v) is 16.5. The highest BCUT2D eigenvalue weighted by molar-refractivity contribution is 5.87. The minimum atomic E-state index is -0.886. The number of carboxylic acid groups (broad SMARTS) is 1. The van der Waals surface area contributed by atoms with Crippen LogP contribution in [-0.4, -0.2) is 16.2 Å². The molecule has 1 unspecified atom stereocenters. The van der Waals surface area contributed by atoms with Gasteiger partial charge >= 0.3 is 5.97 Å². The van der Waals surface area contributed by atoms with E-state index in [2.05, 4.69) is 30.3 Å². The van der Waals surface area contributed by atoms with Crippen molar-refractivity contribution >= 4 is 5.97 Å². The molecule has 148 valence electrons. The van der Waals surface area contributed by atoms with Crippen molar-refractivity contribution in [3.05, 3.63) is 106 Å². The number of benzene rings is 3. The van der Waals surface area contributed by atoms with Crippen molar-refractivity contribution in [3.63, 3.8) is 0 Å². The summed E-state index contributed by atoms with van der Waals surface area (Å²) in [5, 5.41) is 18.7. The Balaban J connectivity index is 1.53. The van der Waals surface area contributed by atoms with Gasteiger partial charge in [-0.25, -0.2) is 4.79 Å². The Kier molecular flexibility index (Phi) is 5.77. The molecule has 3 nitrogen and oxygen atoms in total. The van der Waals surface area contributed by atoms with E-state index in [1.807, 2.05) is 24.3 Å². The number of aromatic carboxylic acids is 1. The largest absolute Gasteiger partial charge is 0.478 e. The van der Waals surface area contributed by atoms with Crippen LogP contribution < -0.4 is 0 Å². The lowest BCUT2D eigenvalue weighted by Crippen LogP contribution is -2.06. The maximum atomic E-state index is 11.0. The van der Waals surface area contributed by atoms with Crippen molar-refractivity contribution in [2.45, 2.75) is 44.6 Å². The molecule has 0 fully saturated rings. The van der Waals surface area contributed by atoms with Gasteiger partial charge in [0.15, 0.2) is 0 Å². The van der Waals surface area contributed by atoms with E-state index in [4.69, 9.17) is 5.11 Å². The van der Waals surface area contributed by atoms with Gasteiger partial charge in [-0.1, -0.05) is 54.6 Å². The molecular weight excluding hydrogens is 360 g/mol. The Hall–Kier alpha value is -2.91. The molecule has 0 bridgehead atoms. The molecule has 2 N–H and O–H groups in total. The van der Waals surface area contributed by atoms with Crippen molar-refractivity contribution in [2.75, 3.05) is 0 Å². The molecule has 0 spiro atoms. The van der Waals surface area contributed by atoms with Crippen LogP contribution in [0.2, 0.25) is 0 Å². The van der Waals surface area contributed by atoms with Crippen LogP contribution in [0.15, 0.2) is 66.7 Å². The van der Waals surface area contributed by atoms with Crippen LogP contribution in [0.3, 0.4) is 0 Å². The first-order chi connectivity index (χ1) is 14.2. The van der Waals surface area contributed by atoms with Crippen molar-refractivity contribution in [1.82, 2.24) is 0 Å². The molecule has 0 heterocycles. The third-order valence-corrected chi connectivity index (χ3v) is 6.10. The fraction of sp³-hybridized carbons (Fsp3) is 0.269. The summed E-state index contributed by atoms with van der Waals surface area (Å²) in [6, 6.07) is 22.0. The van der Waals surface area contributed by atoms with E-state index in [0.717, 1.165) is 43.2 Å². The molecule has 1 atom stereocenters. The maximum Gasteiger partial charge on any atom is 0.335 e. The number of hydrogen-bond donors (Lipinski definition) is 2. The van der Waals surface area contributed by atoms with E-state index in [1.54, 1.807) is 12.1 Å². The number of aliphatic hydroxyl groups is 1. The summed E-state index contributed by atoms with van der Waals surface area (Å²) in [6.07, 6.45) is 5.08. The van der Waals surface area contributed by atoms with Crippen LogP contribution in [0.5, 0.6) is 0 Å². The third kappa shape index (κ3) is 4.25. The summed E-state index contributed by atoms with van der Waals surface area (Å²) in [5.74, 6) is -0.397. The van der Waals surface area contributed by atoms with Gasteiger partial charge in [0.25, 0.3) is 0 Å². The first-order valence-corrected chi connectivity index (χ1v) is 10.3. The van der Waals surface area contributed by atoms with Gasteiger partial charge in [0.1, 0.15) is 0 Å². The normalized spacial score (nSPS) is 15.3. The van der Waals surface area contributed by atoms with Crippen molar-refractivity contribution in [3.8, 4) is 0 Å². The number of aryl methyl sites for hydroxylation is 3. The van der Waals surface area contributed by atoms with Gasteiger partial charge < -0.3 is 10.2 Å². The zero-order chi connectivity index (χ0) is 20.2. The number of carboxylic acids is 1. The summed E-state index contributed by atoms with van der Waals surface area (Å²) < 4.78 is 0. The molecule has 0 saturated heterocycles. The molecule has 0 aliphatic heterocycles. The molecule has 0 aromatic heterocycles. The SMILES string of the molecule is O=C(O)c1ccc(CCc2cccc3c2C(Cc2ccccc2CO)CC3)cc1. The van der Waals surface area contributed by atoms with E-state index in [0.29, 0.717) is 11.5 Å². The second-order valence-electron chi connectivity index (χ2n) is 7.86. The summed E-state index contributed by atoms with van der Waals surface area (Å²) in [6.45, 7) is 0.0870. The lowest BCUT2D eigenvalue weighted by molar-refractivity contribution is 0.0697. The average molecular weight is 386 g/mol. The van der Waals surface area contributed by atoms with Crippen LogP contribution in [0.1, 0.15) is 56.1 Å². The Morgan fingerprint density at radius 3 is 2.31 bits per heavy atom. The van der Waals surface area contributed by atoms with Crippen LogP contribution in [0, 0.1) is 0 Å². The second kappa shape index (κ2) is 8.62. The molecule has 3 aromatic carbocycles. The predicted octanol–water partition coefficient (Wildman–Crippen LogP) is 4.93. The molecule has 3 aromatic rings. The molecule has 0 saturated carbocycles. The summed E-state index contributed by atoms with van der Waals surface area (Å²) in [4.78, 5) is 11.0. The van der Waals surface area contributed by atoms with Gasteiger partial charge in [0, 0.05) is 0 Å². The van der Waals surface area contributed by atoms with Crippen LogP contribution in [0.25, 0.3) is 0 Å². The molecule has 3 heteroatoms. The Labute approximate surface area is 171 Å². The Bertz CT molecular complexity index is 1000. The van der Waals surface area contributed by atoms with Gasteiger partial charge in [0.05, 0.1) is 12.2 Å². The van der Waals surface area contributed by atoms with Gasteiger partial charge in [-0.05, 0) is 83.5 Å². The average Bonchev–Trinajstić information content (AvgIpc) is 3.16. The molecule has 1 aliphatic rings. The molecular formula is C26H26O3. The standard InChI is InChI=1S/C26H26O3/c27-17-24-5-2-1-4-22(24)16-23-15-14-20-7-3-6-19(25(20)23)11-8-18-9-12-21(13-10-18)26(28)29/h1-7,9-10,12-13,23,27H,8,11,14-17H2,(H,28,29). The third-order valence-electron chi connectivity index (χ3n) is 6.10. The minimum Gasteiger partial charge on any atom is -0.478 e. The lowest BCUT2D eigenvalue weighted by Gasteiger charge is -2.18. The molecule has 1 aliphatic carbocycles. The fourth-order valence-electron chi connectivity index (χ4n) is 4.57. The number of aliphatic hydroxyl groups excluding tert-OH is 1. The zero-order valence-electron chi connectivity index (χ0n) is 16.5. The second-order valence-corrected chi connectivity index (χ2v) is 7.86. The van der Waals surface area contributed by atoms with Crippen molar-refractivity contribution in [1.29, 1.82) is 0 Å².